The van der Waals surface area contributed by atoms with E-state index in [1.165, 1.54) is 51.4 Å². The molecule has 0 spiro atoms. The maximum absolute atomic E-state index is 14.2. The second-order valence-electron chi connectivity index (χ2n) is 17.1. The standard InChI is InChI=1S/C40H69N3O6/c1-9-10-11-12-13-14-15-16-20-23-32(38(2,3)4)43-37(47)42-31-22-19-17-18-21-28(31)30(26-33(44)45)34-29(24-25-41-34)35(46)36-39(5,6)27-48-40(7,8)49-36/h24-25,28,30-32,36,41H,9-23,26-27H2,1-8H3,(H,44,45)(H2,42,43,47). The fourth-order valence-electron chi connectivity index (χ4n) is 7.77. The Hall–Kier alpha value is -2.39. The molecule has 0 radical (unpaired) electrons. The third kappa shape index (κ3) is 12.7. The number of hydrogen-bond donors (Lipinski definition) is 4. The Morgan fingerprint density at radius 3 is 2.22 bits per heavy atom. The van der Waals surface area contributed by atoms with Crippen molar-refractivity contribution in [1.29, 1.82) is 0 Å². The molecule has 0 bridgehead atoms. The Morgan fingerprint density at radius 2 is 1.59 bits per heavy atom. The number of amides is 2. The van der Waals surface area contributed by atoms with Crippen LogP contribution in [-0.2, 0) is 14.3 Å². The maximum Gasteiger partial charge on any atom is 0.315 e. The van der Waals surface area contributed by atoms with Gasteiger partial charge in [-0.2, -0.15) is 0 Å². The number of ether oxygens (including phenoxy) is 2. The molecule has 2 amide bonds. The number of nitrogens with one attached hydrogen (secondary N) is 3. The van der Waals surface area contributed by atoms with E-state index in [1.807, 2.05) is 13.8 Å². The molecule has 5 unspecified atom stereocenters. The molecule has 1 aromatic heterocycles. The second-order valence-corrected chi connectivity index (χ2v) is 17.1. The molecule has 4 N–H and O–H groups in total. The Labute approximate surface area is 296 Å². The van der Waals surface area contributed by atoms with Crippen molar-refractivity contribution in [2.24, 2.45) is 16.7 Å². The quantitative estimate of drug-likeness (QED) is 0.0691. The molecular weight excluding hydrogens is 618 g/mol. The highest BCUT2D eigenvalue weighted by molar-refractivity contribution is 6.01. The molecule has 49 heavy (non-hydrogen) atoms. The summed E-state index contributed by atoms with van der Waals surface area (Å²) >= 11 is 0. The monoisotopic (exact) mass is 688 g/mol. The van der Waals surface area contributed by atoms with Gasteiger partial charge in [-0.25, -0.2) is 4.79 Å². The van der Waals surface area contributed by atoms with Crippen molar-refractivity contribution < 1.29 is 29.0 Å². The van der Waals surface area contributed by atoms with Crippen molar-refractivity contribution in [2.75, 3.05) is 6.61 Å². The molecule has 2 heterocycles. The lowest BCUT2D eigenvalue weighted by Gasteiger charge is -2.45. The smallest absolute Gasteiger partial charge is 0.315 e. The normalized spacial score (nSPS) is 23.6. The van der Waals surface area contributed by atoms with Crippen molar-refractivity contribution in [3.05, 3.63) is 23.5 Å². The highest BCUT2D eigenvalue weighted by atomic mass is 16.7. The number of Topliss-reactive ketones (excluding diaryl/α,β-unsaturated/α-hetero) is 1. The van der Waals surface area contributed by atoms with Gasteiger partial charge in [0.25, 0.3) is 0 Å². The number of aliphatic carboxylic acids is 1. The summed E-state index contributed by atoms with van der Waals surface area (Å²) < 4.78 is 12.1. The van der Waals surface area contributed by atoms with Crippen LogP contribution in [-0.4, -0.2) is 58.5 Å². The van der Waals surface area contributed by atoms with Crippen LogP contribution in [0.2, 0.25) is 0 Å². The van der Waals surface area contributed by atoms with Gasteiger partial charge in [0.2, 0.25) is 0 Å². The lowest BCUT2D eigenvalue weighted by Crippen LogP contribution is -2.54. The third-order valence-corrected chi connectivity index (χ3v) is 10.8. The molecule has 2 aliphatic rings. The lowest BCUT2D eigenvalue weighted by atomic mass is 9.76. The van der Waals surface area contributed by atoms with Gasteiger partial charge in [-0.05, 0) is 50.5 Å². The van der Waals surface area contributed by atoms with E-state index in [1.54, 1.807) is 26.1 Å². The zero-order valence-electron chi connectivity index (χ0n) is 32.1. The molecule has 3 rings (SSSR count). The number of urea groups is 1. The van der Waals surface area contributed by atoms with E-state index in [2.05, 4.69) is 43.3 Å². The molecule has 1 saturated heterocycles. The van der Waals surface area contributed by atoms with Crippen LogP contribution < -0.4 is 10.6 Å². The Morgan fingerprint density at radius 1 is 0.959 bits per heavy atom. The van der Waals surface area contributed by atoms with Gasteiger partial charge >= 0.3 is 12.0 Å². The average Bonchev–Trinajstić information content (AvgIpc) is 3.39. The lowest BCUT2D eigenvalue weighted by molar-refractivity contribution is -0.298. The van der Waals surface area contributed by atoms with Gasteiger partial charge in [0, 0.05) is 40.9 Å². The van der Waals surface area contributed by atoms with Gasteiger partial charge in [0.05, 0.1) is 13.0 Å². The van der Waals surface area contributed by atoms with E-state index in [0.29, 0.717) is 17.9 Å². The SMILES string of the molecule is CCCCCCCCCCCC(NC(=O)NC1CCCCCC1C(CC(=O)O)c1[nH]ccc1C(=O)C1OC(C)(C)OCC1(C)C)C(C)(C)C. The molecular formula is C40H69N3O6. The van der Waals surface area contributed by atoms with Crippen LogP contribution in [0, 0.1) is 16.7 Å². The molecule has 1 aliphatic carbocycles. The van der Waals surface area contributed by atoms with E-state index in [9.17, 15) is 19.5 Å². The summed E-state index contributed by atoms with van der Waals surface area (Å²) in [5.41, 5.74) is 0.419. The van der Waals surface area contributed by atoms with E-state index < -0.39 is 29.2 Å². The number of unbranched alkanes of at least 4 members (excludes halogenated alkanes) is 8. The number of ketones is 1. The van der Waals surface area contributed by atoms with Gasteiger partial charge in [0.15, 0.2) is 11.6 Å². The Bertz CT molecular complexity index is 1180. The summed E-state index contributed by atoms with van der Waals surface area (Å²) in [4.78, 5) is 43.5. The van der Waals surface area contributed by atoms with Crippen molar-refractivity contribution in [1.82, 2.24) is 15.6 Å². The number of carboxylic acids is 1. The third-order valence-electron chi connectivity index (χ3n) is 10.8. The number of carbonyl (C=O) groups is 3. The molecule has 5 atom stereocenters. The second kappa shape index (κ2) is 18.7. The summed E-state index contributed by atoms with van der Waals surface area (Å²) in [6, 6.07) is 1.36. The molecule has 9 nitrogen and oxygen atoms in total. The summed E-state index contributed by atoms with van der Waals surface area (Å²) in [6.45, 7) is 16.7. The van der Waals surface area contributed by atoms with Crippen LogP contribution in [0.25, 0.3) is 0 Å². The predicted molar refractivity (Wildman–Crippen MR) is 196 cm³/mol. The van der Waals surface area contributed by atoms with Crippen LogP contribution in [0.15, 0.2) is 12.3 Å². The zero-order chi connectivity index (χ0) is 36.2. The Balaban J connectivity index is 1.74. The van der Waals surface area contributed by atoms with E-state index in [0.717, 1.165) is 44.9 Å². The molecule has 2 fully saturated rings. The van der Waals surface area contributed by atoms with Crippen molar-refractivity contribution in [3.63, 3.8) is 0 Å². The van der Waals surface area contributed by atoms with E-state index in [-0.39, 0.29) is 41.7 Å². The minimum absolute atomic E-state index is 0.0239. The predicted octanol–water partition coefficient (Wildman–Crippen LogP) is 9.52. The number of rotatable bonds is 18. The molecule has 1 aliphatic heterocycles. The maximum atomic E-state index is 14.2. The Kier molecular flexibility index (Phi) is 15.7. The first-order valence-corrected chi connectivity index (χ1v) is 19.4. The van der Waals surface area contributed by atoms with Crippen LogP contribution in [0.4, 0.5) is 4.79 Å². The molecule has 280 valence electrons. The van der Waals surface area contributed by atoms with E-state index >= 15 is 0 Å². The van der Waals surface area contributed by atoms with Gasteiger partial charge in [-0.15, -0.1) is 0 Å². The van der Waals surface area contributed by atoms with Crippen LogP contribution in [0.5, 0.6) is 0 Å². The van der Waals surface area contributed by atoms with Crippen molar-refractivity contribution in [2.45, 2.75) is 188 Å². The highest BCUT2D eigenvalue weighted by Gasteiger charge is 2.47. The van der Waals surface area contributed by atoms with Crippen molar-refractivity contribution in [3.8, 4) is 0 Å². The van der Waals surface area contributed by atoms with Crippen LogP contribution >= 0.6 is 0 Å². The largest absolute Gasteiger partial charge is 0.481 e. The summed E-state index contributed by atoms with van der Waals surface area (Å²) in [7, 11) is 0. The zero-order valence-corrected chi connectivity index (χ0v) is 32.1. The summed E-state index contributed by atoms with van der Waals surface area (Å²) in [5.74, 6) is -2.64. The van der Waals surface area contributed by atoms with Gasteiger partial charge in [-0.1, -0.05) is 119 Å². The first-order chi connectivity index (χ1) is 23.1. The average molecular weight is 688 g/mol. The van der Waals surface area contributed by atoms with Gasteiger partial charge in [-0.3, -0.25) is 9.59 Å². The summed E-state index contributed by atoms with van der Waals surface area (Å²) in [6.07, 6.45) is 17.6. The number of carboxylic acid groups (broad SMARTS) is 1. The fraction of sp³-hybridized carbons (Fsp3) is 0.825. The molecule has 9 heteroatoms. The van der Waals surface area contributed by atoms with E-state index in [4.69, 9.17) is 9.47 Å². The molecule has 1 aromatic rings. The number of H-pyrrole nitrogens is 1. The fourth-order valence-corrected chi connectivity index (χ4v) is 7.77. The number of aromatic amines is 1. The molecule has 0 aromatic carbocycles. The number of hydrogen-bond acceptors (Lipinski definition) is 5. The first kappa shape index (κ1) is 41.0. The van der Waals surface area contributed by atoms with Crippen LogP contribution in [0.3, 0.4) is 0 Å². The van der Waals surface area contributed by atoms with Gasteiger partial charge in [0.1, 0.15) is 6.10 Å². The minimum atomic E-state index is -0.928. The minimum Gasteiger partial charge on any atom is -0.481 e. The van der Waals surface area contributed by atoms with Gasteiger partial charge < -0.3 is 30.2 Å². The number of carbonyl (C=O) groups excluding carboxylic acids is 2. The van der Waals surface area contributed by atoms with Crippen LogP contribution in [0.1, 0.15) is 180 Å². The molecule has 1 saturated carbocycles. The highest BCUT2D eigenvalue weighted by Crippen LogP contribution is 2.41. The summed E-state index contributed by atoms with van der Waals surface area (Å²) in [5, 5.41) is 16.8. The number of aromatic nitrogens is 1. The first-order valence-electron chi connectivity index (χ1n) is 19.4. The van der Waals surface area contributed by atoms with Crippen molar-refractivity contribution >= 4 is 17.8 Å². The topological polar surface area (TPSA) is 130 Å².